The minimum atomic E-state index is -0.738. The van der Waals surface area contributed by atoms with Crippen molar-refractivity contribution in [1.82, 2.24) is 4.90 Å². The first-order valence-corrected chi connectivity index (χ1v) is 11.6. The normalized spacial score (nSPS) is 15.1. The average molecular weight is 432 g/mol. The Morgan fingerprint density at radius 2 is 1.80 bits per heavy atom. The van der Waals surface area contributed by atoms with Crippen molar-refractivity contribution in [3.8, 4) is 28.4 Å². The molecular formula is C24H33NO4S. The second-order valence-electron chi connectivity index (χ2n) is 8.16. The Hall–Kier alpha value is -1.89. The van der Waals surface area contributed by atoms with E-state index < -0.39 is 5.60 Å². The van der Waals surface area contributed by atoms with Gasteiger partial charge in [0.1, 0.15) is 5.75 Å². The van der Waals surface area contributed by atoms with Gasteiger partial charge in [0.15, 0.2) is 11.5 Å². The number of methoxy groups -OCH3 is 2. The summed E-state index contributed by atoms with van der Waals surface area (Å²) in [6.45, 7) is 7.11. The lowest BCUT2D eigenvalue weighted by atomic mass is 10.0. The van der Waals surface area contributed by atoms with Crippen LogP contribution in [0.1, 0.15) is 25.8 Å². The number of hydrogen-bond donors (Lipinski definition) is 1. The number of hydrogen-bond acceptors (Lipinski definition) is 6. The second kappa shape index (κ2) is 10.4. The van der Waals surface area contributed by atoms with Gasteiger partial charge >= 0.3 is 0 Å². The van der Waals surface area contributed by atoms with Crippen molar-refractivity contribution in [2.75, 3.05) is 45.4 Å². The molecule has 1 aliphatic rings. The molecule has 0 radical (unpaired) electrons. The fraction of sp³-hybridized carbons (Fsp3) is 0.500. The number of rotatable bonds is 9. The molecule has 0 unspecified atom stereocenters. The lowest BCUT2D eigenvalue weighted by molar-refractivity contribution is 0.0551. The monoisotopic (exact) mass is 431 g/mol. The quantitative estimate of drug-likeness (QED) is 0.633. The highest BCUT2D eigenvalue weighted by molar-refractivity contribution is 7.99. The van der Waals surface area contributed by atoms with Gasteiger partial charge in [0, 0.05) is 48.7 Å². The van der Waals surface area contributed by atoms with Gasteiger partial charge in [-0.3, -0.25) is 4.90 Å². The van der Waals surface area contributed by atoms with E-state index in [4.69, 9.17) is 14.2 Å². The predicted octanol–water partition coefficient (Wildman–Crippen LogP) is 4.46. The number of nitrogens with zero attached hydrogens (tertiary/aromatic N) is 1. The Labute approximate surface area is 184 Å². The largest absolute Gasteiger partial charge is 0.493 e. The zero-order chi connectivity index (χ0) is 21.6. The van der Waals surface area contributed by atoms with Crippen LogP contribution >= 0.6 is 11.8 Å². The number of para-hydroxylation sites is 1. The number of ether oxygens (including phenoxy) is 3. The van der Waals surface area contributed by atoms with E-state index in [2.05, 4.69) is 17.0 Å². The van der Waals surface area contributed by atoms with Gasteiger partial charge in [-0.1, -0.05) is 18.2 Å². The first-order valence-electron chi connectivity index (χ1n) is 10.4. The van der Waals surface area contributed by atoms with Crippen LogP contribution in [0.2, 0.25) is 0 Å². The lowest BCUT2D eigenvalue weighted by Gasteiger charge is -2.27. The SMILES string of the molecule is COc1cccc(-c2ccc(OCCC(C)(C)O)c(CN3CCSCC3)c2)c1OC. The highest BCUT2D eigenvalue weighted by Gasteiger charge is 2.18. The molecule has 0 atom stereocenters. The molecule has 1 aliphatic heterocycles. The summed E-state index contributed by atoms with van der Waals surface area (Å²) in [5, 5.41) is 10.0. The van der Waals surface area contributed by atoms with Crippen LogP contribution < -0.4 is 14.2 Å². The van der Waals surface area contributed by atoms with Crippen LogP contribution in [0.15, 0.2) is 36.4 Å². The first kappa shape index (κ1) is 22.8. The molecular weight excluding hydrogens is 398 g/mol. The highest BCUT2D eigenvalue weighted by atomic mass is 32.2. The summed E-state index contributed by atoms with van der Waals surface area (Å²) in [5.41, 5.74) is 2.48. The zero-order valence-corrected chi connectivity index (χ0v) is 19.3. The summed E-state index contributed by atoms with van der Waals surface area (Å²) in [5.74, 6) is 4.66. The molecule has 2 aromatic rings. The fourth-order valence-corrected chi connectivity index (χ4v) is 4.52. The van der Waals surface area contributed by atoms with Gasteiger partial charge in [-0.25, -0.2) is 0 Å². The second-order valence-corrected chi connectivity index (χ2v) is 9.39. The summed E-state index contributed by atoms with van der Waals surface area (Å²) in [4.78, 5) is 2.47. The van der Waals surface area contributed by atoms with Gasteiger partial charge in [-0.05, 0) is 37.6 Å². The molecule has 0 aliphatic carbocycles. The molecule has 0 spiro atoms. The van der Waals surface area contributed by atoms with Crippen LogP contribution in [-0.4, -0.2) is 61.0 Å². The van der Waals surface area contributed by atoms with Crippen molar-refractivity contribution < 1.29 is 19.3 Å². The molecule has 6 heteroatoms. The minimum Gasteiger partial charge on any atom is -0.493 e. The smallest absolute Gasteiger partial charge is 0.168 e. The van der Waals surface area contributed by atoms with Gasteiger partial charge < -0.3 is 19.3 Å². The van der Waals surface area contributed by atoms with Crippen molar-refractivity contribution in [1.29, 1.82) is 0 Å². The van der Waals surface area contributed by atoms with E-state index in [0.717, 1.165) is 65.1 Å². The molecule has 1 N–H and O–H groups in total. The van der Waals surface area contributed by atoms with Crippen LogP contribution in [0.4, 0.5) is 0 Å². The van der Waals surface area contributed by atoms with Crippen molar-refractivity contribution in [2.45, 2.75) is 32.4 Å². The summed E-state index contributed by atoms with van der Waals surface area (Å²) < 4.78 is 17.2. The van der Waals surface area contributed by atoms with E-state index in [1.165, 1.54) is 0 Å². The van der Waals surface area contributed by atoms with Crippen molar-refractivity contribution in [3.05, 3.63) is 42.0 Å². The first-order chi connectivity index (χ1) is 14.4. The van der Waals surface area contributed by atoms with Gasteiger partial charge in [-0.2, -0.15) is 11.8 Å². The Morgan fingerprint density at radius 3 is 2.47 bits per heavy atom. The molecule has 164 valence electrons. The third kappa shape index (κ3) is 6.06. The third-order valence-electron chi connectivity index (χ3n) is 5.24. The maximum absolute atomic E-state index is 10.0. The van der Waals surface area contributed by atoms with E-state index >= 15 is 0 Å². The lowest BCUT2D eigenvalue weighted by Crippen LogP contribution is -2.32. The standard InChI is InChI=1S/C24H33NO4S/c1-24(2,26)10-13-29-21-9-8-18(16-19(21)17-25-11-14-30-15-12-25)20-6-5-7-22(27-3)23(20)28-4/h5-9,16,26H,10-15,17H2,1-4H3. The van der Waals surface area contributed by atoms with Crippen molar-refractivity contribution in [2.24, 2.45) is 0 Å². The molecule has 1 heterocycles. The van der Waals surface area contributed by atoms with Crippen LogP contribution in [0.25, 0.3) is 11.1 Å². The van der Waals surface area contributed by atoms with E-state index in [9.17, 15) is 5.11 Å². The van der Waals surface area contributed by atoms with Crippen molar-refractivity contribution in [3.63, 3.8) is 0 Å². The summed E-state index contributed by atoms with van der Waals surface area (Å²) >= 11 is 2.01. The van der Waals surface area contributed by atoms with Gasteiger partial charge in [0.2, 0.25) is 0 Å². The molecule has 0 amide bonds. The van der Waals surface area contributed by atoms with Gasteiger partial charge in [-0.15, -0.1) is 0 Å². The van der Waals surface area contributed by atoms with Gasteiger partial charge in [0.05, 0.1) is 26.4 Å². The van der Waals surface area contributed by atoms with Crippen LogP contribution in [-0.2, 0) is 6.54 Å². The van der Waals surface area contributed by atoms with E-state index in [1.807, 2.05) is 36.0 Å². The number of benzene rings is 2. The highest BCUT2D eigenvalue weighted by Crippen LogP contribution is 2.39. The maximum Gasteiger partial charge on any atom is 0.168 e. The molecule has 0 saturated carbocycles. The van der Waals surface area contributed by atoms with Crippen molar-refractivity contribution >= 4 is 11.8 Å². The summed E-state index contributed by atoms with van der Waals surface area (Å²) in [7, 11) is 3.32. The van der Waals surface area contributed by atoms with E-state index in [-0.39, 0.29) is 0 Å². The molecule has 1 fully saturated rings. The number of aliphatic hydroxyl groups is 1. The summed E-state index contributed by atoms with van der Waals surface area (Å²) in [6.07, 6.45) is 0.582. The van der Waals surface area contributed by atoms with Crippen LogP contribution in [0, 0.1) is 0 Å². The molecule has 0 aromatic heterocycles. The van der Waals surface area contributed by atoms with E-state index in [0.29, 0.717) is 13.0 Å². The molecule has 0 bridgehead atoms. The average Bonchev–Trinajstić information content (AvgIpc) is 2.74. The molecule has 30 heavy (non-hydrogen) atoms. The molecule has 1 saturated heterocycles. The molecule has 5 nitrogen and oxygen atoms in total. The topological polar surface area (TPSA) is 51.2 Å². The third-order valence-corrected chi connectivity index (χ3v) is 6.19. The molecule has 3 rings (SSSR count). The Morgan fingerprint density at radius 1 is 1.03 bits per heavy atom. The van der Waals surface area contributed by atoms with Gasteiger partial charge in [0.25, 0.3) is 0 Å². The van der Waals surface area contributed by atoms with Crippen LogP contribution in [0.5, 0.6) is 17.2 Å². The fourth-order valence-electron chi connectivity index (χ4n) is 3.54. The Bertz CT molecular complexity index is 828. The minimum absolute atomic E-state index is 0.480. The number of thioether (sulfide) groups is 1. The Kier molecular flexibility index (Phi) is 7.92. The van der Waals surface area contributed by atoms with Crippen LogP contribution in [0.3, 0.4) is 0 Å². The predicted molar refractivity (Wildman–Crippen MR) is 124 cm³/mol. The Balaban J connectivity index is 1.91. The molecule has 2 aromatic carbocycles. The maximum atomic E-state index is 10.0. The summed E-state index contributed by atoms with van der Waals surface area (Å²) in [6, 6.07) is 12.2. The zero-order valence-electron chi connectivity index (χ0n) is 18.4. The van der Waals surface area contributed by atoms with E-state index in [1.54, 1.807) is 28.1 Å².